The van der Waals surface area contributed by atoms with Crippen molar-refractivity contribution in [3.05, 3.63) is 191 Å². The number of esters is 2. The summed E-state index contributed by atoms with van der Waals surface area (Å²) in [5, 5.41) is 83.7. The third kappa shape index (κ3) is 27.7. The van der Waals surface area contributed by atoms with Crippen molar-refractivity contribution in [3.8, 4) is 0 Å². The number of ketones is 1. The predicted octanol–water partition coefficient (Wildman–Crippen LogP) is 5.72. The summed E-state index contributed by atoms with van der Waals surface area (Å²) in [5.74, 6) is -11.8. The molecule has 2 aliphatic heterocycles. The van der Waals surface area contributed by atoms with Crippen LogP contribution in [-0.2, 0) is 115 Å². The van der Waals surface area contributed by atoms with Crippen molar-refractivity contribution in [1.29, 1.82) is 0 Å². The molecule has 1 unspecified atom stereocenters. The zero-order chi connectivity index (χ0) is 103. The van der Waals surface area contributed by atoms with Crippen molar-refractivity contribution in [2.45, 2.75) is 253 Å². The van der Waals surface area contributed by atoms with Gasteiger partial charge in [0.25, 0.3) is 0 Å². The predicted molar refractivity (Wildman–Crippen MR) is 530 cm³/mol. The number of fused-ring (bicyclic) bond motifs is 6. The lowest BCUT2D eigenvalue weighted by atomic mass is 9.44. The molecule has 0 spiro atoms. The number of aromatic amines is 1. The second-order valence-electron chi connectivity index (χ2n) is 37.7. The summed E-state index contributed by atoms with van der Waals surface area (Å²) in [6.45, 7) is 13.8. The normalized spacial score (nSPS) is 26.5. The molecule has 11 rings (SSSR count). The summed E-state index contributed by atoms with van der Waals surface area (Å²) in [6, 6.07) is 26.9. The van der Waals surface area contributed by atoms with Crippen LogP contribution in [0.5, 0.6) is 0 Å². The monoisotopic (exact) mass is 2050 g/mol. The number of para-hydroxylation sites is 1. The van der Waals surface area contributed by atoms with E-state index in [1.807, 2.05) is 6.07 Å². The summed E-state index contributed by atoms with van der Waals surface area (Å²) in [5.41, 5.74) is 0.487. The number of H-pyrrole nitrogens is 1. The lowest BCUT2D eigenvalue weighted by Crippen LogP contribution is -2.82. The maximum Gasteiger partial charge on any atom is 0.509 e. The Balaban J connectivity index is 0.829. The molecular weight excluding hydrogens is 1920 g/mol. The molecule has 9 amide bonds. The van der Waals surface area contributed by atoms with Gasteiger partial charge in [0.2, 0.25) is 53.4 Å². The SMILES string of the molecule is CO[C@H]1C(=O)[C@]2(C)[C@@H](OC)C[C@H]3OC[C@@]3(OC(C)=O)[C@H]2[C@H](OC(O)c2ccccc2)[C@]2(O)C[C@H](OC(=O)[C@H](OC(=O)OCCSSCCC(=O)N[C@H](Cc3ccccc3)C(=O)N[C@H]3CSSC[C@@H](C(=O)N[C@H](CO)[C@@H](C)O)NC(=O)[C@H]([C@@H](C)O)NC(=O)[C@H](CCCCN)NC(=O)[C@@H](Cc4c[nH]c5ccccc45)NC(=O)[C@H](Cc4ccccc4)NC3=O)[C@@H](NC(=O)OC(C)(C)C)c3ccccc3)C(C)=C1C2(C)C. The van der Waals surface area contributed by atoms with Crippen LogP contribution < -0.4 is 53.6 Å². The first kappa shape index (κ1) is 112. The number of nitrogens with two attached hydrogens (primary N) is 1. The number of aliphatic hydroxyl groups is 5. The van der Waals surface area contributed by atoms with Gasteiger partial charge < -0.3 is 127 Å². The molecule has 2 saturated heterocycles. The fraction of sp³-hybridized carbons (Fsp3) is 0.530. The maximum atomic E-state index is 16.2. The third-order valence-corrected chi connectivity index (χ3v) is 31.2. The van der Waals surface area contributed by atoms with E-state index in [9.17, 15) is 59.1 Å². The van der Waals surface area contributed by atoms with Gasteiger partial charge >= 0.3 is 24.2 Å². The van der Waals surface area contributed by atoms with Crippen molar-refractivity contribution in [1.82, 2.24) is 52.8 Å². The Bertz CT molecular complexity index is 5400. The van der Waals surface area contributed by atoms with E-state index < -0.39 is 240 Å². The van der Waals surface area contributed by atoms with Crippen LogP contribution in [0.1, 0.15) is 148 Å². The van der Waals surface area contributed by atoms with Gasteiger partial charge in [0, 0.05) is 117 Å². The highest BCUT2D eigenvalue weighted by Crippen LogP contribution is 2.65. The number of carbonyl (C=O) groups excluding carboxylic acids is 13. The van der Waals surface area contributed by atoms with Crippen LogP contribution in [0.15, 0.2) is 163 Å². The fourth-order valence-electron chi connectivity index (χ4n) is 18.9. The molecule has 4 fully saturated rings. The Morgan fingerprint density at radius 1 is 0.697 bits per heavy atom. The van der Waals surface area contributed by atoms with E-state index >= 15 is 28.8 Å². The van der Waals surface area contributed by atoms with Gasteiger partial charge in [-0.25, -0.2) is 14.4 Å². The van der Waals surface area contributed by atoms with Crippen LogP contribution in [0.3, 0.4) is 0 Å². The van der Waals surface area contributed by atoms with Gasteiger partial charge in [-0.05, 0) is 114 Å². The second-order valence-corrected chi connectivity index (χ2v) is 43.0. The number of benzene rings is 5. The van der Waals surface area contributed by atoms with Crippen LogP contribution in [0.25, 0.3) is 10.9 Å². The number of carbonyl (C=O) groups is 13. The molecule has 1 aromatic heterocycles. The smallest absolute Gasteiger partial charge is 0.455 e. The maximum absolute atomic E-state index is 16.2. The number of unbranched alkanes of at least 4 members (excludes halogenated alkanes) is 1. The summed E-state index contributed by atoms with van der Waals surface area (Å²) in [4.78, 5) is 196. The standard InChI is InChI=1S/C100H131N11O27S4/c1-55-73(49-100(129)84(136-92(125)62-35-23-16-24-36-62)82-98(10,83(117)80(131-12)77(55)97(100,8)9)74(130-11)48-75-99(82,54-133-75)137-58(4)115)134-93(126)81(79(61-33-21-15-22-34-61)111-94(127)138-96(5,6)7)135-95(128)132-42-44-140-139-43-40-76(116)103-67(45-59-29-17-13-18-30-59)86(119)108-71-52-141-142-53-72(90(123)107-70(51-112)56(2)113)109-91(124)78(57(3)114)110-85(118)66(39-27-28-41-101)104-88(121)69(47-63-50-102-65-38-26-25-37-64(63)65)106-87(120)68(105-89(71)122)46-60-31-19-14-20-32-60/h13-26,29-38,50,56-57,66-75,78-82,84,92,102,112-114,125,129H,27-28,39-49,51-54,101H2,1-12H3,(H,103,116)(H,104,121)(H,105,122)(H,106,120)(H,107,123)(H,108,119)(H,109,124)(H,110,118)(H,111,127)/t56-,57-,66+,67-,68+,69-,70-,71+,72+,73+,74+,75-,78+,79+,80-,81-,82+,84+,92?,98-,99+,100-/m1/s1. The molecule has 22 atom stereocenters. The van der Waals surface area contributed by atoms with Gasteiger partial charge in [-0.3, -0.25) is 47.9 Å². The van der Waals surface area contributed by atoms with Crippen LogP contribution in [0, 0.1) is 16.7 Å². The number of aliphatic hydroxyl groups excluding tert-OH is 4. The largest absolute Gasteiger partial charge is 0.509 e. The Hall–Kier alpha value is -10.7. The minimum atomic E-state index is -2.38. The summed E-state index contributed by atoms with van der Waals surface area (Å²) in [7, 11) is 6.89. The van der Waals surface area contributed by atoms with Crippen LogP contribution in [0.4, 0.5) is 9.59 Å². The Kier molecular flexibility index (Phi) is 39.8. The number of nitrogens with one attached hydrogen (secondary N) is 10. The number of methoxy groups -OCH3 is 2. The zero-order valence-corrected chi connectivity index (χ0v) is 84.6. The third-order valence-electron chi connectivity index (χ3n) is 26.4. The molecule has 0 radical (unpaired) electrons. The highest BCUT2D eigenvalue weighted by atomic mass is 33.1. The van der Waals surface area contributed by atoms with E-state index in [0.717, 1.165) is 32.4 Å². The lowest BCUT2D eigenvalue weighted by molar-refractivity contribution is -0.363. The van der Waals surface area contributed by atoms with Gasteiger partial charge in [-0.1, -0.05) is 197 Å². The molecule has 5 aromatic carbocycles. The van der Waals surface area contributed by atoms with Crippen LogP contribution in [0.2, 0.25) is 0 Å². The molecule has 142 heavy (non-hydrogen) atoms. The Labute approximate surface area is 839 Å². The summed E-state index contributed by atoms with van der Waals surface area (Å²) >= 11 is 0. The first-order chi connectivity index (χ1) is 67.6. The van der Waals surface area contributed by atoms with Crippen LogP contribution >= 0.6 is 43.2 Å². The first-order valence-electron chi connectivity index (χ1n) is 47.1. The molecule has 2 bridgehead atoms. The molecule has 38 nitrogen and oxygen atoms in total. The average Bonchev–Trinajstić information content (AvgIpc) is 0.694. The first-order valence-corrected chi connectivity index (χ1v) is 52.1. The van der Waals surface area contributed by atoms with E-state index in [-0.39, 0.29) is 103 Å². The summed E-state index contributed by atoms with van der Waals surface area (Å²) < 4.78 is 55.7. The highest BCUT2D eigenvalue weighted by molar-refractivity contribution is 8.77. The molecule has 772 valence electrons. The zero-order valence-electron chi connectivity index (χ0n) is 81.4. The number of hydrogen-bond donors (Lipinski definition) is 16. The molecular formula is C100H131N11O27S4. The summed E-state index contributed by atoms with van der Waals surface area (Å²) in [6.07, 6.45) is -15.2. The molecule has 3 heterocycles. The average molecular weight is 2050 g/mol. The topological polar surface area (TPSA) is 556 Å². The van der Waals surface area contributed by atoms with Gasteiger partial charge in [-0.15, -0.1) is 0 Å². The van der Waals surface area contributed by atoms with E-state index in [0.29, 0.717) is 34.0 Å². The molecule has 42 heteroatoms. The minimum absolute atomic E-state index is 0.0269. The number of ether oxygens (including phenoxy) is 9. The quantitative estimate of drug-likeness (QED) is 0.00554. The van der Waals surface area contributed by atoms with Crippen LogP contribution in [-0.4, -0.2) is 285 Å². The van der Waals surface area contributed by atoms with Crippen molar-refractivity contribution in [2.24, 2.45) is 22.5 Å². The van der Waals surface area contributed by atoms with Crippen molar-refractivity contribution >= 4 is 131 Å². The Morgan fingerprint density at radius 2 is 1.30 bits per heavy atom. The fourth-order valence-corrected chi connectivity index (χ4v) is 23.1. The number of amides is 9. The minimum Gasteiger partial charge on any atom is -0.455 e. The van der Waals surface area contributed by atoms with E-state index in [1.165, 1.54) is 45.8 Å². The van der Waals surface area contributed by atoms with E-state index in [1.54, 1.807) is 194 Å². The number of hydrogen-bond acceptors (Lipinski definition) is 32. The van der Waals surface area contributed by atoms with Gasteiger partial charge in [0.15, 0.2) is 17.7 Å². The number of aromatic nitrogens is 1. The highest BCUT2D eigenvalue weighted by Gasteiger charge is 2.78. The second kappa shape index (κ2) is 50.7. The van der Waals surface area contributed by atoms with Crippen molar-refractivity contribution in [3.63, 3.8) is 0 Å². The molecule has 2 saturated carbocycles. The van der Waals surface area contributed by atoms with Gasteiger partial charge in [0.1, 0.15) is 84.5 Å². The number of alkyl carbamates (subject to hydrolysis) is 1. The van der Waals surface area contributed by atoms with E-state index in [2.05, 4.69) is 52.8 Å². The van der Waals surface area contributed by atoms with Gasteiger partial charge in [-0.2, -0.15) is 0 Å². The van der Waals surface area contributed by atoms with Gasteiger partial charge in [0.05, 0.1) is 49.1 Å². The lowest BCUT2D eigenvalue weighted by Gasteiger charge is -2.68. The molecule has 17 N–H and O–H groups in total. The molecule has 3 aliphatic carbocycles. The van der Waals surface area contributed by atoms with E-state index in [4.69, 9.17) is 48.4 Å². The number of Topliss-reactive ketones (excluding diaryl/α,β-unsaturated/α-hetero) is 1. The van der Waals surface area contributed by atoms with Crippen molar-refractivity contribution in [2.75, 3.05) is 63.6 Å². The van der Waals surface area contributed by atoms with Crippen molar-refractivity contribution < 1.29 is 130 Å². The Morgan fingerprint density at radius 3 is 1.92 bits per heavy atom. The molecule has 6 aromatic rings. The molecule has 5 aliphatic rings. The number of rotatable bonds is 37.